The highest BCUT2D eigenvalue weighted by Gasteiger charge is 2.20. The van der Waals surface area contributed by atoms with Gasteiger partial charge in [0.1, 0.15) is 0 Å². The Kier molecular flexibility index (Phi) is 3.56. The van der Waals surface area contributed by atoms with E-state index in [1.165, 1.54) is 6.42 Å². The Labute approximate surface area is 100 Å². The molecule has 1 heterocycles. The van der Waals surface area contributed by atoms with Crippen molar-refractivity contribution in [1.29, 1.82) is 0 Å². The third kappa shape index (κ3) is 2.25. The maximum atomic E-state index is 9.69. The molecule has 0 aromatic heterocycles. The molecular weight excluding hydrogens is 226 g/mol. The van der Waals surface area contributed by atoms with Crippen molar-refractivity contribution in [2.24, 2.45) is 0 Å². The lowest BCUT2D eigenvalue weighted by atomic mass is 10.0. The molecule has 88 valence electrons. The Hall–Kier alpha value is -0.930. The van der Waals surface area contributed by atoms with E-state index in [1.807, 2.05) is 0 Å². The number of rotatable bonds is 3. The molecule has 0 radical (unpaired) electrons. The summed E-state index contributed by atoms with van der Waals surface area (Å²) in [5.74, 6) is 0.654. The first-order chi connectivity index (χ1) is 7.72. The van der Waals surface area contributed by atoms with Crippen molar-refractivity contribution < 1.29 is 9.84 Å². The molecular formula is C12H16ClNO2. The van der Waals surface area contributed by atoms with Gasteiger partial charge in [0.2, 0.25) is 0 Å². The molecule has 1 fully saturated rings. The lowest BCUT2D eigenvalue weighted by Crippen LogP contribution is -2.24. The van der Waals surface area contributed by atoms with E-state index in [-0.39, 0.29) is 5.75 Å². The summed E-state index contributed by atoms with van der Waals surface area (Å²) < 4.78 is 5.21. The smallest absolute Gasteiger partial charge is 0.165 e. The summed E-state index contributed by atoms with van der Waals surface area (Å²) >= 11 is 6.14. The second-order valence-corrected chi connectivity index (χ2v) is 4.48. The van der Waals surface area contributed by atoms with Gasteiger partial charge in [0.05, 0.1) is 7.11 Å². The fraction of sp³-hybridized carbons (Fsp3) is 0.500. The predicted molar refractivity (Wildman–Crippen MR) is 64.4 cm³/mol. The van der Waals surface area contributed by atoms with Crippen molar-refractivity contribution in [3.63, 3.8) is 0 Å². The van der Waals surface area contributed by atoms with Crippen LogP contribution in [0.25, 0.3) is 0 Å². The number of nitrogens with one attached hydrogen (secondary N) is 1. The summed E-state index contributed by atoms with van der Waals surface area (Å²) in [5, 5.41) is 13.7. The average Bonchev–Trinajstić information content (AvgIpc) is 2.77. The third-order valence-electron chi connectivity index (χ3n) is 3.00. The van der Waals surface area contributed by atoms with E-state index in [2.05, 4.69) is 5.32 Å². The first-order valence-electron chi connectivity index (χ1n) is 5.50. The number of halogens is 1. The quantitative estimate of drug-likeness (QED) is 0.854. The Morgan fingerprint density at radius 3 is 3.00 bits per heavy atom. The van der Waals surface area contributed by atoms with E-state index < -0.39 is 0 Å². The van der Waals surface area contributed by atoms with Crippen LogP contribution in [0, 0.1) is 0 Å². The fourth-order valence-corrected chi connectivity index (χ4v) is 2.41. The normalized spacial score (nSPS) is 20.0. The largest absolute Gasteiger partial charge is 0.504 e. The molecule has 1 aromatic rings. The zero-order chi connectivity index (χ0) is 11.5. The number of hydrogen-bond donors (Lipinski definition) is 2. The summed E-state index contributed by atoms with van der Waals surface area (Å²) in [6.07, 6.45) is 3.15. The van der Waals surface area contributed by atoms with E-state index in [9.17, 15) is 5.11 Å². The average molecular weight is 242 g/mol. The van der Waals surface area contributed by atoms with Crippen molar-refractivity contribution in [2.75, 3.05) is 13.7 Å². The topological polar surface area (TPSA) is 41.5 Å². The van der Waals surface area contributed by atoms with Crippen molar-refractivity contribution in [2.45, 2.75) is 25.3 Å². The zero-order valence-corrected chi connectivity index (χ0v) is 10.0. The molecule has 1 aromatic carbocycles. The highest BCUT2D eigenvalue weighted by atomic mass is 35.5. The highest BCUT2D eigenvalue weighted by Crippen LogP contribution is 2.36. The Bertz CT molecular complexity index is 376. The van der Waals surface area contributed by atoms with Gasteiger partial charge in [-0.15, -0.1) is 0 Å². The fourth-order valence-electron chi connectivity index (χ4n) is 2.19. The minimum Gasteiger partial charge on any atom is -0.504 e. The maximum absolute atomic E-state index is 9.69. The number of benzene rings is 1. The molecule has 4 heteroatoms. The second kappa shape index (κ2) is 4.93. The molecule has 1 unspecified atom stereocenters. The van der Waals surface area contributed by atoms with Gasteiger partial charge in [-0.05, 0) is 37.9 Å². The van der Waals surface area contributed by atoms with Gasteiger partial charge >= 0.3 is 0 Å². The van der Waals surface area contributed by atoms with Gasteiger partial charge in [-0.1, -0.05) is 11.6 Å². The molecule has 0 saturated carbocycles. The number of hydrogen-bond acceptors (Lipinski definition) is 3. The molecule has 1 saturated heterocycles. The number of phenols is 1. The number of ether oxygens (including phenoxy) is 1. The van der Waals surface area contributed by atoms with E-state index in [0.717, 1.165) is 24.9 Å². The molecule has 0 amide bonds. The summed E-state index contributed by atoms with van der Waals surface area (Å²) in [4.78, 5) is 0. The van der Waals surface area contributed by atoms with Crippen LogP contribution in [0.1, 0.15) is 18.4 Å². The van der Waals surface area contributed by atoms with Crippen molar-refractivity contribution in [3.8, 4) is 11.5 Å². The standard InChI is InChI=1S/C12H16ClNO2/c1-16-12-9(7-8-3-2-6-14-8)10(13)4-5-11(12)15/h4-5,8,14-15H,2-3,6-7H2,1H3. The van der Waals surface area contributed by atoms with Crippen molar-refractivity contribution in [1.82, 2.24) is 5.32 Å². The summed E-state index contributed by atoms with van der Waals surface area (Å²) in [7, 11) is 1.55. The monoisotopic (exact) mass is 241 g/mol. The second-order valence-electron chi connectivity index (χ2n) is 4.08. The van der Waals surface area contributed by atoms with Crippen molar-refractivity contribution >= 4 is 11.6 Å². The Morgan fingerprint density at radius 1 is 1.56 bits per heavy atom. The molecule has 0 spiro atoms. The van der Waals surface area contributed by atoms with Crippen LogP contribution in [0.4, 0.5) is 0 Å². The minimum absolute atomic E-state index is 0.153. The molecule has 0 aliphatic carbocycles. The van der Waals surface area contributed by atoms with Crippen LogP contribution in [0.3, 0.4) is 0 Å². The van der Waals surface area contributed by atoms with Crippen LogP contribution in [-0.2, 0) is 6.42 Å². The van der Waals surface area contributed by atoms with Crippen LogP contribution in [0.2, 0.25) is 5.02 Å². The third-order valence-corrected chi connectivity index (χ3v) is 3.35. The van der Waals surface area contributed by atoms with Crippen LogP contribution < -0.4 is 10.1 Å². The first kappa shape index (κ1) is 11.6. The molecule has 1 aliphatic heterocycles. The number of methoxy groups -OCH3 is 1. The molecule has 1 aliphatic rings. The summed E-state index contributed by atoms with van der Waals surface area (Å²) in [5.41, 5.74) is 0.892. The van der Waals surface area contributed by atoms with Crippen LogP contribution in [-0.4, -0.2) is 24.8 Å². The molecule has 3 nitrogen and oxygen atoms in total. The Balaban J connectivity index is 2.26. The lowest BCUT2D eigenvalue weighted by Gasteiger charge is -2.15. The predicted octanol–water partition coefficient (Wildman–Crippen LogP) is 2.35. The van der Waals surface area contributed by atoms with Gasteiger partial charge in [-0.2, -0.15) is 0 Å². The number of aromatic hydroxyl groups is 1. The van der Waals surface area contributed by atoms with E-state index in [1.54, 1.807) is 19.2 Å². The van der Waals surface area contributed by atoms with E-state index in [0.29, 0.717) is 16.8 Å². The summed E-state index contributed by atoms with van der Waals surface area (Å²) in [6.45, 7) is 1.06. The lowest BCUT2D eigenvalue weighted by molar-refractivity contribution is 0.367. The minimum atomic E-state index is 0.153. The van der Waals surface area contributed by atoms with Gasteiger partial charge in [0, 0.05) is 16.6 Å². The molecule has 1 atom stereocenters. The zero-order valence-electron chi connectivity index (χ0n) is 9.29. The van der Waals surface area contributed by atoms with E-state index in [4.69, 9.17) is 16.3 Å². The van der Waals surface area contributed by atoms with Crippen LogP contribution in [0.5, 0.6) is 11.5 Å². The summed E-state index contributed by atoms with van der Waals surface area (Å²) in [6, 6.07) is 3.71. The molecule has 2 rings (SSSR count). The maximum Gasteiger partial charge on any atom is 0.165 e. The van der Waals surface area contributed by atoms with Gasteiger partial charge < -0.3 is 15.2 Å². The van der Waals surface area contributed by atoms with Gasteiger partial charge in [-0.25, -0.2) is 0 Å². The highest BCUT2D eigenvalue weighted by molar-refractivity contribution is 6.31. The van der Waals surface area contributed by atoms with E-state index >= 15 is 0 Å². The number of phenolic OH excluding ortho intramolecular Hbond substituents is 1. The van der Waals surface area contributed by atoms with Crippen molar-refractivity contribution in [3.05, 3.63) is 22.7 Å². The SMILES string of the molecule is COc1c(O)ccc(Cl)c1CC1CCCN1. The van der Waals surface area contributed by atoms with Gasteiger partial charge in [0.15, 0.2) is 11.5 Å². The molecule has 2 N–H and O–H groups in total. The Morgan fingerprint density at radius 2 is 2.38 bits per heavy atom. The molecule has 0 bridgehead atoms. The first-order valence-corrected chi connectivity index (χ1v) is 5.88. The van der Waals surface area contributed by atoms with Gasteiger partial charge in [-0.3, -0.25) is 0 Å². The van der Waals surface area contributed by atoms with Crippen LogP contribution >= 0.6 is 11.6 Å². The molecule has 16 heavy (non-hydrogen) atoms. The van der Waals surface area contributed by atoms with Crippen LogP contribution in [0.15, 0.2) is 12.1 Å². The van der Waals surface area contributed by atoms with Gasteiger partial charge in [0.25, 0.3) is 0 Å².